The SMILES string of the molecule is C/C(=C\c1ccc(C(=O)O)o1)C(=O)OC(C)(C)C. The lowest BCUT2D eigenvalue weighted by atomic mass is 10.2. The van der Waals surface area contributed by atoms with Crippen LogP contribution in [0.25, 0.3) is 6.08 Å². The molecule has 0 unspecified atom stereocenters. The minimum absolute atomic E-state index is 0.168. The number of esters is 1. The molecule has 0 saturated heterocycles. The van der Waals surface area contributed by atoms with Gasteiger partial charge in [0.15, 0.2) is 0 Å². The molecule has 0 atom stereocenters. The zero-order valence-corrected chi connectivity index (χ0v) is 10.8. The number of carboxylic acids is 1. The van der Waals surface area contributed by atoms with E-state index < -0.39 is 17.5 Å². The van der Waals surface area contributed by atoms with Gasteiger partial charge < -0.3 is 14.3 Å². The number of ether oxygens (including phenoxy) is 1. The van der Waals surface area contributed by atoms with Crippen LogP contribution in [0.5, 0.6) is 0 Å². The molecule has 0 saturated carbocycles. The van der Waals surface area contributed by atoms with Gasteiger partial charge in [0.05, 0.1) is 0 Å². The number of carbonyl (C=O) groups is 2. The molecule has 98 valence electrons. The maximum absolute atomic E-state index is 11.7. The highest BCUT2D eigenvalue weighted by Gasteiger charge is 2.18. The maximum Gasteiger partial charge on any atom is 0.371 e. The Morgan fingerprint density at radius 3 is 2.39 bits per heavy atom. The molecule has 0 spiro atoms. The third kappa shape index (κ3) is 4.08. The molecule has 0 fully saturated rings. The molecule has 1 heterocycles. The highest BCUT2D eigenvalue weighted by Crippen LogP contribution is 2.15. The first-order chi connectivity index (χ1) is 8.19. The Labute approximate surface area is 105 Å². The standard InChI is InChI=1S/C13H16O5/c1-8(12(16)18-13(2,3)4)7-9-5-6-10(17-9)11(14)15/h5-7H,1-4H3,(H,14,15)/b8-7+. The van der Waals surface area contributed by atoms with Crippen molar-refractivity contribution >= 4 is 18.0 Å². The van der Waals surface area contributed by atoms with Gasteiger partial charge in [0.2, 0.25) is 5.76 Å². The quantitative estimate of drug-likeness (QED) is 0.661. The number of hydrogen-bond acceptors (Lipinski definition) is 4. The Bertz CT molecular complexity index is 488. The van der Waals surface area contributed by atoms with Crippen LogP contribution >= 0.6 is 0 Å². The van der Waals surface area contributed by atoms with Crippen molar-refractivity contribution in [2.75, 3.05) is 0 Å². The summed E-state index contributed by atoms with van der Waals surface area (Å²) in [5, 5.41) is 8.69. The molecule has 1 aromatic rings. The van der Waals surface area contributed by atoms with Crippen LogP contribution in [0.15, 0.2) is 22.1 Å². The fourth-order valence-electron chi connectivity index (χ4n) is 1.18. The Hall–Kier alpha value is -2.04. The van der Waals surface area contributed by atoms with Gasteiger partial charge in [-0.25, -0.2) is 9.59 Å². The van der Waals surface area contributed by atoms with E-state index in [1.165, 1.54) is 18.2 Å². The molecule has 1 rings (SSSR count). The lowest BCUT2D eigenvalue weighted by molar-refractivity contribution is -0.149. The number of aromatic carboxylic acids is 1. The molecule has 1 aromatic heterocycles. The predicted molar refractivity (Wildman–Crippen MR) is 65.2 cm³/mol. The third-order valence-corrected chi connectivity index (χ3v) is 1.92. The first-order valence-corrected chi connectivity index (χ1v) is 5.44. The van der Waals surface area contributed by atoms with Gasteiger partial charge in [-0.2, -0.15) is 0 Å². The zero-order chi connectivity index (χ0) is 13.9. The first kappa shape index (κ1) is 14.0. The molecule has 0 aliphatic carbocycles. The van der Waals surface area contributed by atoms with Crippen LogP contribution in [0.2, 0.25) is 0 Å². The van der Waals surface area contributed by atoms with Crippen molar-refractivity contribution in [3.63, 3.8) is 0 Å². The van der Waals surface area contributed by atoms with E-state index in [1.807, 2.05) is 0 Å². The van der Waals surface area contributed by atoms with Crippen LogP contribution in [-0.2, 0) is 9.53 Å². The monoisotopic (exact) mass is 252 g/mol. The van der Waals surface area contributed by atoms with Gasteiger partial charge in [0.25, 0.3) is 0 Å². The van der Waals surface area contributed by atoms with E-state index in [0.29, 0.717) is 11.3 Å². The highest BCUT2D eigenvalue weighted by atomic mass is 16.6. The number of furan rings is 1. The van der Waals surface area contributed by atoms with Gasteiger partial charge in [-0.15, -0.1) is 0 Å². The molecule has 0 aliphatic rings. The van der Waals surface area contributed by atoms with Gasteiger partial charge in [-0.05, 0) is 45.9 Å². The van der Waals surface area contributed by atoms with Crippen molar-refractivity contribution in [1.82, 2.24) is 0 Å². The van der Waals surface area contributed by atoms with Crippen LogP contribution in [0.4, 0.5) is 0 Å². The van der Waals surface area contributed by atoms with Gasteiger partial charge in [0.1, 0.15) is 11.4 Å². The summed E-state index contributed by atoms with van der Waals surface area (Å²) in [5.74, 6) is -1.48. The minimum atomic E-state index is -1.15. The second kappa shape index (κ2) is 5.08. The summed E-state index contributed by atoms with van der Waals surface area (Å²) in [6.07, 6.45) is 1.44. The molecule has 0 bridgehead atoms. The van der Waals surface area contributed by atoms with Crippen LogP contribution in [-0.4, -0.2) is 22.6 Å². The normalized spacial score (nSPS) is 12.3. The minimum Gasteiger partial charge on any atom is -0.475 e. The van der Waals surface area contributed by atoms with Crippen LogP contribution < -0.4 is 0 Å². The molecule has 1 N–H and O–H groups in total. The Morgan fingerprint density at radius 2 is 1.94 bits per heavy atom. The molecular formula is C13H16O5. The molecular weight excluding hydrogens is 236 g/mol. The largest absolute Gasteiger partial charge is 0.475 e. The second-order valence-corrected chi connectivity index (χ2v) is 4.84. The van der Waals surface area contributed by atoms with Crippen molar-refractivity contribution in [3.8, 4) is 0 Å². The van der Waals surface area contributed by atoms with Gasteiger partial charge in [-0.3, -0.25) is 0 Å². The molecule has 5 nitrogen and oxygen atoms in total. The van der Waals surface area contributed by atoms with Crippen LogP contribution in [0.1, 0.15) is 44.0 Å². The molecule has 18 heavy (non-hydrogen) atoms. The third-order valence-electron chi connectivity index (χ3n) is 1.92. The van der Waals surface area contributed by atoms with E-state index in [4.69, 9.17) is 14.3 Å². The molecule has 0 amide bonds. The van der Waals surface area contributed by atoms with Gasteiger partial charge >= 0.3 is 11.9 Å². The summed E-state index contributed by atoms with van der Waals surface area (Å²) in [7, 11) is 0. The fourth-order valence-corrected chi connectivity index (χ4v) is 1.18. The number of rotatable bonds is 3. The van der Waals surface area contributed by atoms with E-state index in [0.717, 1.165) is 0 Å². The van der Waals surface area contributed by atoms with Crippen molar-refractivity contribution in [1.29, 1.82) is 0 Å². The number of carboxylic acid groups (broad SMARTS) is 1. The molecule has 0 aliphatic heterocycles. The fraction of sp³-hybridized carbons (Fsp3) is 0.385. The van der Waals surface area contributed by atoms with Crippen LogP contribution in [0, 0.1) is 0 Å². The summed E-state index contributed by atoms with van der Waals surface area (Å²) in [5.41, 5.74) is -0.224. The van der Waals surface area contributed by atoms with Crippen molar-refractivity contribution in [3.05, 3.63) is 29.2 Å². The van der Waals surface area contributed by atoms with E-state index >= 15 is 0 Å². The van der Waals surface area contributed by atoms with Crippen LogP contribution in [0.3, 0.4) is 0 Å². The first-order valence-electron chi connectivity index (χ1n) is 5.44. The Balaban J connectivity index is 2.82. The molecule has 0 radical (unpaired) electrons. The molecule has 5 heteroatoms. The zero-order valence-electron chi connectivity index (χ0n) is 10.8. The topological polar surface area (TPSA) is 76.7 Å². The van der Waals surface area contributed by atoms with E-state index in [2.05, 4.69) is 0 Å². The summed E-state index contributed by atoms with van der Waals surface area (Å²) in [6.45, 7) is 6.89. The van der Waals surface area contributed by atoms with Crippen molar-refractivity contribution < 1.29 is 23.8 Å². The molecule has 0 aromatic carbocycles. The summed E-state index contributed by atoms with van der Waals surface area (Å²) >= 11 is 0. The second-order valence-electron chi connectivity index (χ2n) is 4.84. The average Bonchev–Trinajstić information content (AvgIpc) is 2.63. The average molecular weight is 252 g/mol. The Morgan fingerprint density at radius 1 is 1.33 bits per heavy atom. The van der Waals surface area contributed by atoms with E-state index in [9.17, 15) is 9.59 Å². The van der Waals surface area contributed by atoms with Gasteiger partial charge in [0, 0.05) is 5.57 Å². The lowest BCUT2D eigenvalue weighted by Gasteiger charge is -2.19. The van der Waals surface area contributed by atoms with E-state index in [1.54, 1.807) is 27.7 Å². The Kier molecular flexibility index (Phi) is 3.96. The van der Waals surface area contributed by atoms with Gasteiger partial charge in [-0.1, -0.05) is 0 Å². The van der Waals surface area contributed by atoms with Crippen molar-refractivity contribution in [2.24, 2.45) is 0 Å². The number of carbonyl (C=O) groups excluding carboxylic acids is 1. The summed E-state index contributed by atoms with van der Waals surface area (Å²) < 4.78 is 10.2. The predicted octanol–water partition coefficient (Wildman–Crippen LogP) is 2.72. The summed E-state index contributed by atoms with van der Waals surface area (Å²) in [4.78, 5) is 22.3. The maximum atomic E-state index is 11.7. The number of hydrogen-bond donors (Lipinski definition) is 1. The summed E-state index contributed by atoms with van der Waals surface area (Å²) in [6, 6.07) is 2.81. The highest BCUT2D eigenvalue weighted by molar-refractivity contribution is 5.93. The smallest absolute Gasteiger partial charge is 0.371 e. The van der Waals surface area contributed by atoms with Crippen molar-refractivity contribution in [2.45, 2.75) is 33.3 Å². The lowest BCUT2D eigenvalue weighted by Crippen LogP contribution is -2.24. The van der Waals surface area contributed by atoms with E-state index in [-0.39, 0.29) is 5.76 Å².